The van der Waals surface area contributed by atoms with E-state index in [2.05, 4.69) is 14.4 Å². The van der Waals surface area contributed by atoms with Crippen molar-refractivity contribution in [1.29, 1.82) is 0 Å². The molecule has 1 fully saturated rings. The van der Waals surface area contributed by atoms with Crippen LogP contribution in [0.3, 0.4) is 0 Å². The van der Waals surface area contributed by atoms with E-state index >= 15 is 0 Å². The molecule has 1 N–H and O–H groups in total. The summed E-state index contributed by atoms with van der Waals surface area (Å²) in [5, 5.41) is 0. The van der Waals surface area contributed by atoms with E-state index in [1.165, 1.54) is 12.1 Å². The molecule has 0 unspecified atom stereocenters. The van der Waals surface area contributed by atoms with Gasteiger partial charge in [-0.3, -0.25) is 0 Å². The number of alkyl halides is 3. The number of pyridine rings is 1. The van der Waals surface area contributed by atoms with Crippen molar-refractivity contribution >= 4 is 15.8 Å². The van der Waals surface area contributed by atoms with Crippen molar-refractivity contribution in [3.05, 3.63) is 48.7 Å². The SMILES string of the molecule is O=S(=O)(N[C@H]1CCN(c2ccccn2)C1)c1ccccc1OC(F)(F)F. The normalized spacial score (nSPS) is 18.1. The largest absolute Gasteiger partial charge is 0.573 e. The Morgan fingerprint density at radius 1 is 1.15 bits per heavy atom. The predicted octanol–water partition coefficient (Wildman–Crippen LogP) is 2.54. The monoisotopic (exact) mass is 387 g/mol. The van der Waals surface area contributed by atoms with E-state index in [4.69, 9.17) is 0 Å². The van der Waals surface area contributed by atoms with E-state index in [0.717, 1.165) is 18.0 Å². The van der Waals surface area contributed by atoms with Gasteiger partial charge in [-0.05, 0) is 30.7 Å². The highest BCUT2D eigenvalue weighted by Crippen LogP contribution is 2.30. The number of rotatable bonds is 5. The fourth-order valence-corrected chi connectivity index (χ4v) is 4.16. The molecule has 1 aliphatic rings. The highest BCUT2D eigenvalue weighted by atomic mass is 32.2. The third kappa shape index (κ3) is 4.44. The summed E-state index contributed by atoms with van der Waals surface area (Å²) in [5.41, 5.74) is 0. The standard InChI is InChI=1S/C16H16F3N3O3S/c17-16(18,19)25-13-5-1-2-6-14(13)26(23,24)21-12-8-10-22(11-12)15-7-3-4-9-20-15/h1-7,9,12,21H,8,10-11H2/t12-/m0/s1. The minimum Gasteiger partial charge on any atom is -0.404 e. The number of nitrogens with zero attached hydrogens (tertiary/aromatic N) is 2. The number of aromatic nitrogens is 1. The molecule has 26 heavy (non-hydrogen) atoms. The van der Waals surface area contributed by atoms with E-state index in [1.807, 2.05) is 17.0 Å². The molecule has 0 radical (unpaired) electrons. The van der Waals surface area contributed by atoms with Gasteiger partial charge in [0.15, 0.2) is 0 Å². The van der Waals surface area contributed by atoms with Gasteiger partial charge >= 0.3 is 6.36 Å². The van der Waals surface area contributed by atoms with Crippen molar-refractivity contribution in [2.45, 2.75) is 23.7 Å². The lowest BCUT2D eigenvalue weighted by Crippen LogP contribution is -2.37. The lowest BCUT2D eigenvalue weighted by molar-refractivity contribution is -0.275. The summed E-state index contributed by atoms with van der Waals surface area (Å²) < 4.78 is 68.9. The molecule has 1 aromatic carbocycles. The van der Waals surface area contributed by atoms with Crippen LogP contribution in [0.5, 0.6) is 5.75 Å². The van der Waals surface area contributed by atoms with Crippen molar-refractivity contribution in [3.8, 4) is 5.75 Å². The summed E-state index contributed by atoms with van der Waals surface area (Å²) in [5.74, 6) is -0.0397. The Bertz CT molecular complexity index is 860. The minimum absolute atomic E-state index is 0.374. The molecule has 0 bridgehead atoms. The summed E-state index contributed by atoms with van der Waals surface area (Å²) in [4.78, 5) is 5.57. The lowest BCUT2D eigenvalue weighted by Gasteiger charge is -2.18. The van der Waals surface area contributed by atoms with Crippen LogP contribution in [0.1, 0.15) is 6.42 Å². The fraction of sp³-hybridized carbons (Fsp3) is 0.312. The molecule has 2 aromatic rings. The van der Waals surface area contributed by atoms with E-state index in [0.29, 0.717) is 19.5 Å². The van der Waals surface area contributed by atoms with Crippen LogP contribution in [0.2, 0.25) is 0 Å². The van der Waals surface area contributed by atoms with Crippen LogP contribution in [0.15, 0.2) is 53.6 Å². The zero-order valence-electron chi connectivity index (χ0n) is 13.5. The Morgan fingerprint density at radius 3 is 2.58 bits per heavy atom. The van der Waals surface area contributed by atoms with Crippen molar-refractivity contribution < 1.29 is 26.3 Å². The van der Waals surface area contributed by atoms with Crippen LogP contribution < -0.4 is 14.4 Å². The molecular formula is C16H16F3N3O3S. The minimum atomic E-state index is -4.98. The molecule has 1 atom stereocenters. The van der Waals surface area contributed by atoms with Crippen LogP contribution in [-0.4, -0.2) is 38.9 Å². The van der Waals surface area contributed by atoms with Gasteiger partial charge in [-0.1, -0.05) is 18.2 Å². The predicted molar refractivity (Wildman–Crippen MR) is 88.3 cm³/mol. The molecule has 6 nitrogen and oxygen atoms in total. The molecule has 0 saturated carbocycles. The second-order valence-corrected chi connectivity index (χ2v) is 7.42. The molecule has 10 heteroatoms. The van der Waals surface area contributed by atoms with Crippen molar-refractivity contribution in [2.24, 2.45) is 0 Å². The van der Waals surface area contributed by atoms with Gasteiger partial charge in [0.1, 0.15) is 16.5 Å². The first-order valence-corrected chi connectivity index (χ1v) is 9.26. The summed E-state index contributed by atoms with van der Waals surface area (Å²) in [7, 11) is -4.17. The maximum atomic E-state index is 12.5. The van der Waals surface area contributed by atoms with Crippen LogP contribution in [-0.2, 0) is 10.0 Å². The summed E-state index contributed by atoms with van der Waals surface area (Å²) in [6, 6.07) is 9.63. The quantitative estimate of drug-likeness (QED) is 0.854. The van der Waals surface area contributed by atoms with Gasteiger partial charge in [-0.15, -0.1) is 13.2 Å². The number of para-hydroxylation sites is 1. The average molecular weight is 387 g/mol. The number of hydrogen-bond acceptors (Lipinski definition) is 5. The van der Waals surface area contributed by atoms with Crippen LogP contribution >= 0.6 is 0 Å². The van der Waals surface area contributed by atoms with E-state index in [1.54, 1.807) is 12.3 Å². The van der Waals surface area contributed by atoms with Gasteiger partial charge in [0.05, 0.1) is 0 Å². The fourth-order valence-electron chi connectivity index (χ4n) is 2.77. The number of ether oxygens (including phenoxy) is 1. The number of halogens is 3. The highest BCUT2D eigenvalue weighted by Gasteiger charge is 2.35. The third-order valence-corrected chi connectivity index (χ3v) is 5.41. The highest BCUT2D eigenvalue weighted by molar-refractivity contribution is 7.89. The van der Waals surface area contributed by atoms with Gasteiger partial charge in [0.25, 0.3) is 0 Å². The third-order valence-electron chi connectivity index (χ3n) is 3.85. The van der Waals surface area contributed by atoms with Crippen LogP contribution in [0, 0.1) is 0 Å². The first kappa shape index (κ1) is 18.5. The molecule has 2 heterocycles. The smallest absolute Gasteiger partial charge is 0.404 e. The van der Waals surface area contributed by atoms with Crippen molar-refractivity contribution in [3.63, 3.8) is 0 Å². The van der Waals surface area contributed by atoms with Crippen LogP contribution in [0.4, 0.5) is 19.0 Å². The second-order valence-electron chi connectivity index (χ2n) is 5.74. The van der Waals surface area contributed by atoms with Crippen molar-refractivity contribution in [1.82, 2.24) is 9.71 Å². The van der Waals surface area contributed by atoms with E-state index in [-0.39, 0.29) is 0 Å². The molecule has 140 valence electrons. The zero-order valence-corrected chi connectivity index (χ0v) is 14.3. The van der Waals surface area contributed by atoms with Gasteiger partial charge in [-0.2, -0.15) is 0 Å². The molecule has 0 amide bonds. The maximum absolute atomic E-state index is 12.5. The Hall–Kier alpha value is -2.33. The molecule has 0 spiro atoms. The Labute approximate surface area is 148 Å². The Morgan fingerprint density at radius 2 is 1.88 bits per heavy atom. The van der Waals surface area contributed by atoms with Gasteiger partial charge in [0.2, 0.25) is 10.0 Å². The summed E-state index contributed by atoms with van der Waals surface area (Å²) in [6.45, 7) is 0.962. The molecule has 1 saturated heterocycles. The number of nitrogens with one attached hydrogen (secondary N) is 1. The first-order valence-electron chi connectivity index (χ1n) is 7.78. The number of hydrogen-bond donors (Lipinski definition) is 1. The topological polar surface area (TPSA) is 71.5 Å². The Kier molecular flexibility index (Phi) is 5.05. The Balaban J connectivity index is 1.74. The van der Waals surface area contributed by atoms with E-state index < -0.39 is 33.1 Å². The van der Waals surface area contributed by atoms with Crippen LogP contribution in [0.25, 0.3) is 0 Å². The van der Waals surface area contributed by atoms with Gasteiger partial charge < -0.3 is 9.64 Å². The molecule has 0 aliphatic carbocycles. The van der Waals surface area contributed by atoms with E-state index in [9.17, 15) is 21.6 Å². The molecular weight excluding hydrogens is 371 g/mol. The second kappa shape index (κ2) is 7.12. The maximum Gasteiger partial charge on any atom is 0.573 e. The lowest BCUT2D eigenvalue weighted by atomic mass is 10.3. The number of anilines is 1. The number of benzene rings is 1. The van der Waals surface area contributed by atoms with Crippen molar-refractivity contribution in [2.75, 3.05) is 18.0 Å². The first-order chi connectivity index (χ1) is 12.2. The average Bonchev–Trinajstić information content (AvgIpc) is 3.02. The summed E-state index contributed by atoms with van der Waals surface area (Å²) >= 11 is 0. The molecule has 3 rings (SSSR count). The number of sulfonamides is 1. The van der Waals surface area contributed by atoms with Gasteiger partial charge in [0, 0.05) is 25.3 Å². The molecule has 1 aliphatic heterocycles. The molecule has 1 aromatic heterocycles. The zero-order chi connectivity index (χ0) is 18.8. The summed E-state index contributed by atoms with van der Waals surface area (Å²) in [6.07, 6.45) is -2.83. The van der Waals surface area contributed by atoms with Gasteiger partial charge in [-0.25, -0.2) is 18.1 Å².